The minimum Gasteiger partial charge on any atom is -0.476 e. The van der Waals surface area contributed by atoms with E-state index in [0.717, 1.165) is 6.42 Å². The Bertz CT molecular complexity index is 611. The van der Waals surface area contributed by atoms with Crippen LogP contribution in [0, 0.1) is 0 Å². The largest absolute Gasteiger partial charge is 0.476 e. The van der Waals surface area contributed by atoms with Crippen LogP contribution in [0.3, 0.4) is 0 Å². The van der Waals surface area contributed by atoms with Crippen molar-refractivity contribution >= 4 is 23.0 Å². The summed E-state index contributed by atoms with van der Waals surface area (Å²) in [5, 5.41) is 14.6. The third-order valence-electron chi connectivity index (χ3n) is 3.15. The smallest absolute Gasteiger partial charge is 0.356 e. The molecule has 0 amide bonds. The fourth-order valence-electron chi connectivity index (χ4n) is 1.99. The minimum atomic E-state index is -1.04. The lowest BCUT2D eigenvalue weighted by molar-refractivity contribution is 0.0691. The quantitative estimate of drug-likeness (QED) is 0.846. The van der Waals surface area contributed by atoms with Crippen molar-refractivity contribution in [1.29, 1.82) is 0 Å². The number of carboxylic acid groups (broad SMARTS) is 1. The summed E-state index contributed by atoms with van der Waals surface area (Å²) in [6.45, 7) is 5.93. The van der Waals surface area contributed by atoms with Gasteiger partial charge in [-0.3, -0.25) is 0 Å². The first-order valence-electron chi connectivity index (χ1n) is 6.93. The second-order valence-electron chi connectivity index (χ2n) is 5.07. The van der Waals surface area contributed by atoms with Crippen LogP contribution in [0.4, 0.5) is 5.69 Å². The summed E-state index contributed by atoms with van der Waals surface area (Å²) in [5.74, 6) is -0.402. The lowest BCUT2D eigenvalue weighted by Gasteiger charge is -2.18. The van der Waals surface area contributed by atoms with Gasteiger partial charge in [-0.05, 0) is 17.9 Å². The van der Waals surface area contributed by atoms with Gasteiger partial charge in [0.05, 0.1) is 17.9 Å². The molecule has 0 aliphatic carbocycles. The van der Waals surface area contributed by atoms with Crippen molar-refractivity contribution < 1.29 is 9.90 Å². The Hall–Kier alpha value is -1.95. The number of carboxylic acids is 1. The summed E-state index contributed by atoms with van der Waals surface area (Å²) in [7, 11) is 0. The number of aromatic carboxylic acids is 1. The molecule has 5 nitrogen and oxygen atoms in total. The van der Waals surface area contributed by atoms with E-state index in [1.807, 2.05) is 31.4 Å². The number of thiophene rings is 1. The molecule has 2 aromatic heterocycles. The Morgan fingerprint density at radius 1 is 1.48 bits per heavy atom. The summed E-state index contributed by atoms with van der Waals surface area (Å²) in [6, 6.07) is 4.09. The minimum absolute atomic E-state index is 0.0312. The summed E-state index contributed by atoms with van der Waals surface area (Å²) in [4.78, 5) is 21.0. The maximum absolute atomic E-state index is 11.4. The zero-order valence-electron chi connectivity index (χ0n) is 12.3. The number of nitrogens with zero attached hydrogens (tertiary/aromatic N) is 2. The highest BCUT2D eigenvalue weighted by Gasteiger charge is 2.19. The van der Waals surface area contributed by atoms with Crippen LogP contribution in [0.1, 0.15) is 60.3 Å². The first-order chi connectivity index (χ1) is 10.0. The number of nitrogens with one attached hydrogen (secondary N) is 1. The molecule has 0 radical (unpaired) electrons. The standard InChI is InChI=1S/C15H19N3O2S/c1-4-10(12-6-5-7-21-12)17-11-8-16-14(9(2)3)18-13(11)15(19)20/h5-10,17H,4H2,1-3H3,(H,19,20). The van der Waals surface area contributed by atoms with Gasteiger partial charge in [0.15, 0.2) is 5.69 Å². The van der Waals surface area contributed by atoms with Gasteiger partial charge in [0.2, 0.25) is 0 Å². The fraction of sp³-hybridized carbons (Fsp3) is 0.400. The van der Waals surface area contributed by atoms with E-state index in [2.05, 4.69) is 22.2 Å². The van der Waals surface area contributed by atoms with E-state index in [0.29, 0.717) is 11.5 Å². The van der Waals surface area contributed by atoms with E-state index in [4.69, 9.17) is 0 Å². The highest BCUT2D eigenvalue weighted by Crippen LogP contribution is 2.27. The van der Waals surface area contributed by atoms with Crippen molar-refractivity contribution in [2.24, 2.45) is 0 Å². The topological polar surface area (TPSA) is 75.1 Å². The number of anilines is 1. The first kappa shape index (κ1) is 15.4. The molecule has 0 bridgehead atoms. The molecule has 6 heteroatoms. The van der Waals surface area contributed by atoms with E-state index in [9.17, 15) is 9.90 Å². The molecule has 0 aromatic carbocycles. The number of rotatable bonds is 6. The van der Waals surface area contributed by atoms with Crippen LogP contribution >= 0.6 is 11.3 Å². The van der Waals surface area contributed by atoms with Crippen LogP contribution in [0.2, 0.25) is 0 Å². The van der Waals surface area contributed by atoms with Crippen molar-refractivity contribution in [2.75, 3.05) is 5.32 Å². The average molecular weight is 305 g/mol. The van der Waals surface area contributed by atoms with Gasteiger partial charge in [-0.1, -0.05) is 26.8 Å². The Kier molecular flexibility index (Phi) is 4.90. The lowest BCUT2D eigenvalue weighted by Crippen LogP contribution is -2.15. The molecular weight excluding hydrogens is 286 g/mol. The predicted molar refractivity (Wildman–Crippen MR) is 84.1 cm³/mol. The molecule has 0 saturated carbocycles. The molecule has 2 aromatic rings. The van der Waals surface area contributed by atoms with Crippen LogP contribution in [-0.2, 0) is 0 Å². The molecule has 2 rings (SSSR count). The third-order valence-corrected chi connectivity index (χ3v) is 4.14. The van der Waals surface area contributed by atoms with Crippen LogP contribution < -0.4 is 5.32 Å². The van der Waals surface area contributed by atoms with Crippen molar-refractivity contribution in [3.8, 4) is 0 Å². The van der Waals surface area contributed by atoms with Crippen molar-refractivity contribution in [3.63, 3.8) is 0 Å². The monoisotopic (exact) mass is 305 g/mol. The summed E-state index contributed by atoms with van der Waals surface area (Å²) in [5.41, 5.74) is 0.496. The molecule has 0 aliphatic heterocycles. The van der Waals surface area contributed by atoms with Gasteiger partial charge in [-0.15, -0.1) is 11.3 Å². The van der Waals surface area contributed by atoms with Crippen molar-refractivity contribution in [1.82, 2.24) is 9.97 Å². The van der Waals surface area contributed by atoms with Crippen LogP contribution in [-0.4, -0.2) is 21.0 Å². The van der Waals surface area contributed by atoms with Crippen LogP contribution in [0.15, 0.2) is 23.7 Å². The zero-order chi connectivity index (χ0) is 15.4. The average Bonchev–Trinajstić information content (AvgIpc) is 2.98. The normalized spacial score (nSPS) is 12.4. The summed E-state index contributed by atoms with van der Waals surface area (Å²) < 4.78 is 0. The molecule has 1 unspecified atom stereocenters. The third kappa shape index (κ3) is 3.58. The van der Waals surface area contributed by atoms with Gasteiger partial charge in [-0.25, -0.2) is 14.8 Å². The molecule has 1 atom stereocenters. The Morgan fingerprint density at radius 2 is 2.24 bits per heavy atom. The number of hydrogen-bond acceptors (Lipinski definition) is 5. The highest BCUT2D eigenvalue weighted by molar-refractivity contribution is 7.10. The zero-order valence-corrected chi connectivity index (χ0v) is 13.1. The maximum Gasteiger partial charge on any atom is 0.356 e. The van der Waals surface area contributed by atoms with Crippen LogP contribution in [0.25, 0.3) is 0 Å². The molecule has 0 aliphatic rings. The highest BCUT2D eigenvalue weighted by atomic mass is 32.1. The van der Waals surface area contributed by atoms with E-state index in [-0.39, 0.29) is 17.7 Å². The van der Waals surface area contributed by atoms with Gasteiger partial charge in [0.25, 0.3) is 0 Å². The molecule has 2 N–H and O–H groups in total. The van der Waals surface area contributed by atoms with Gasteiger partial charge >= 0.3 is 5.97 Å². The molecular formula is C15H19N3O2S. The van der Waals surface area contributed by atoms with Crippen molar-refractivity contribution in [2.45, 2.75) is 39.2 Å². The van der Waals surface area contributed by atoms with Crippen LogP contribution in [0.5, 0.6) is 0 Å². The van der Waals surface area contributed by atoms with E-state index < -0.39 is 5.97 Å². The molecule has 2 heterocycles. The van der Waals surface area contributed by atoms with Crippen molar-refractivity contribution in [3.05, 3.63) is 40.1 Å². The van der Waals surface area contributed by atoms with Gasteiger partial charge in [0.1, 0.15) is 5.82 Å². The second-order valence-corrected chi connectivity index (χ2v) is 6.05. The first-order valence-corrected chi connectivity index (χ1v) is 7.81. The molecule has 112 valence electrons. The van der Waals surface area contributed by atoms with Gasteiger partial charge in [0, 0.05) is 10.8 Å². The Balaban J connectivity index is 2.32. The molecule has 0 fully saturated rings. The Morgan fingerprint density at radius 3 is 2.76 bits per heavy atom. The second kappa shape index (κ2) is 6.67. The fourth-order valence-corrected chi connectivity index (χ4v) is 2.86. The molecule has 21 heavy (non-hydrogen) atoms. The number of carbonyl (C=O) groups is 1. The number of aromatic nitrogens is 2. The van der Waals surface area contributed by atoms with Gasteiger partial charge < -0.3 is 10.4 Å². The van der Waals surface area contributed by atoms with E-state index in [1.54, 1.807) is 17.5 Å². The number of hydrogen-bond donors (Lipinski definition) is 2. The summed E-state index contributed by atoms with van der Waals surface area (Å²) in [6.07, 6.45) is 2.42. The molecule has 0 spiro atoms. The predicted octanol–water partition coefficient (Wildman–Crippen LogP) is 3.92. The van der Waals surface area contributed by atoms with E-state index >= 15 is 0 Å². The summed E-state index contributed by atoms with van der Waals surface area (Å²) >= 11 is 1.65. The SMILES string of the molecule is CCC(Nc1cnc(C(C)C)nc1C(=O)O)c1cccs1. The lowest BCUT2D eigenvalue weighted by atomic mass is 10.1. The van der Waals surface area contributed by atoms with E-state index in [1.165, 1.54) is 4.88 Å². The molecule has 0 saturated heterocycles. The maximum atomic E-state index is 11.4. The Labute approximate surface area is 128 Å². The van der Waals surface area contributed by atoms with Gasteiger partial charge in [-0.2, -0.15) is 0 Å².